The lowest BCUT2D eigenvalue weighted by atomic mass is 10.0. The van der Waals surface area contributed by atoms with E-state index in [1.54, 1.807) is 6.20 Å². The number of amides is 1. The Bertz CT molecular complexity index is 486. The Morgan fingerprint density at radius 1 is 1.36 bits per heavy atom. The first-order valence-corrected chi connectivity index (χ1v) is 8.43. The fourth-order valence-electron chi connectivity index (χ4n) is 3.69. The molecule has 2 fully saturated rings. The van der Waals surface area contributed by atoms with E-state index in [9.17, 15) is 4.79 Å². The number of carbonyl (C=O) groups excluding carboxylic acids is 1. The van der Waals surface area contributed by atoms with Crippen LogP contribution in [0.4, 0.5) is 0 Å². The average Bonchev–Trinajstić information content (AvgIpc) is 2.93. The van der Waals surface area contributed by atoms with Gasteiger partial charge in [-0.2, -0.15) is 0 Å². The standard InChI is InChI=1S/C17H27N3O2/c1-13(2)12-20-10-11-22-16-6-9-19(8-5-15(16)20)17(21)14-4-3-7-18-14/h3-4,7,13,15-16,18H,5-6,8-12H2,1-2H3/t15-,16-/m1/s1. The summed E-state index contributed by atoms with van der Waals surface area (Å²) in [4.78, 5) is 20.1. The van der Waals surface area contributed by atoms with Gasteiger partial charge in [-0.25, -0.2) is 0 Å². The van der Waals surface area contributed by atoms with Gasteiger partial charge in [-0.1, -0.05) is 13.8 Å². The molecule has 3 rings (SSSR count). The summed E-state index contributed by atoms with van der Waals surface area (Å²) in [6.07, 6.45) is 4.02. The zero-order valence-corrected chi connectivity index (χ0v) is 13.6. The van der Waals surface area contributed by atoms with Crippen molar-refractivity contribution >= 4 is 5.91 Å². The molecule has 2 aliphatic rings. The van der Waals surface area contributed by atoms with Crippen molar-refractivity contribution in [3.8, 4) is 0 Å². The Balaban J connectivity index is 1.66. The lowest BCUT2D eigenvalue weighted by Crippen LogP contribution is -2.52. The topological polar surface area (TPSA) is 48.6 Å². The molecule has 0 unspecified atom stereocenters. The number of hydrogen-bond donors (Lipinski definition) is 1. The minimum atomic E-state index is 0.110. The van der Waals surface area contributed by atoms with Crippen molar-refractivity contribution in [3.63, 3.8) is 0 Å². The smallest absolute Gasteiger partial charge is 0.270 e. The van der Waals surface area contributed by atoms with Crippen LogP contribution in [0.5, 0.6) is 0 Å². The number of morpholine rings is 1. The Morgan fingerprint density at radius 3 is 2.91 bits per heavy atom. The minimum Gasteiger partial charge on any atom is -0.375 e. The maximum absolute atomic E-state index is 12.5. The number of carbonyl (C=O) groups is 1. The van der Waals surface area contributed by atoms with E-state index in [0.717, 1.165) is 45.6 Å². The Labute approximate surface area is 132 Å². The van der Waals surface area contributed by atoms with E-state index < -0.39 is 0 Å². The number of aromatic nitrogens is 1. The summed E-state index contributed by atoms with van der Waals surface area (Å²) in [5.41, 5.74) is 0.685. The van der Waals surface area contributed by atoms with Crippen molar-refractivity contribution in [2.24, 2.45) is 5.92 Å². The van der Waals surface area contributed by atoms with E-state index in [1.807, 2.05) is 17.0 Å². The molecule has 1 aromatic heterocycles. The van der Waals surface area contributed by atoms with E-state index in [1.165, 1.54) is 0 Å². The second kappa shape index (κ2) is 6.84. The van der Waals surface area contributed by atoms with Crippen LogP contribution >= 0.6 is 0 Å². The van der Waals surface area contributed by atoms with E-state index in [-0.39, 0.29) is 12.0 Å². The molecule has 5 heteroatoms. The highest BCUT2D eigenvalue weighted by Gasteiger charge is 2.35. The van der Waals surface area contributed by atoms with E-state index in [0.29, 0.717) is 17.7 Å². The molecule has 2 atom stereocenters. The summed E-state index contributed by atoms with van der Waals surface area (Å²) in [5.74, 6) is 0.776. The highest BCUT2D eigenvalue weighted by molar-refractivity contribution is 5.92. The van der Waals surface area contributed by atoms with Crippen LogP contribution in [0.1, 0.15) is 37.2 Å². The van der Waals surface area contributed by atoms with Gasteiger partial charge in [-0.15, -0.1) is 0 Å². The Morgan fingerprint density at radius 2 is 2.18 bits per heavy atom. The predicted octanol–water partition coefficient (Wildman–Crippen LogP) is 1.98. The largest absolute Gasteiger partial charge is 0.375 e. The molecule has 5 nitrogen and oxygen atoms in total. The normalized spacial score (nSPS) is 26.8. The van der Waals surface area contributed by atoms with Crippen molar-refractivity contribution in [2.75, 3.05) is 32.8 Å². The highest BCUT2D eigenvalue weighted by Crippen LogP contribution is 2.25. The van der Waals surface area contributed by atoms with Gasteiger partial charge in [0.1, 0.15) is 5.69 Å². The third-order valence-electron chi connectivity index (χ3n) is 4.70. The van der Waals surface area contributed by atoms with Crippen LogP contribution in [0.15, 0.2) is 18.3 Å². The van der Waals surface area contributed by atoms with E-state index in [2.05, 4.69) is 23.7 Å². The Hall–Kier alpha value is -1.33. The van der Waals surface area contributed by atoms with Gasteiger partial charge >= 0.3 is 0 Å². The molecule has 122 valence electrons. The lowest BCUT2D eigenvalue weighted by Gasteiger charge is -2.41. The maximum Gasteiger partial charge on any atom is 0.270 e. The highest BCUT2D eigenvalue weighted by atomic mass is 16.5. The summed E-state index contributed by atoms with van der Waals surface area (Å²) in [6.45, 7) is 9.09. The summed E-state index contributed by atoms with van der Waals surface area (Å²) >= 11 is 0. The second-order valence-electron chi connectivity index (χ2n) is 6.82. The van der Waals surface area contributed by atoms with Crippen LogP contribution in [0.25, 0.3) is 0 Å². The van der Waals surface area contributed by atoms with Crippen LogP contribution in [0.2, 0.25) is 0 Å². The third-order valence-corrected chi connectivity index (χ3v) is 4.70. The molecular formula is C17H27N3O2. The number of hydrogen-bond acceptors (Lipinski definition) is 3. The third kappa shape index (κ3) is 3.36. The summed E-state index contributed by atoms with van der Waals surface area (Å²) in [7, 11) is 0. The predicted molar refractivity (Wildman–Crippen MR) is 85.9 cm³/mol. The average molecular weight is 305 g/mol. The minimum absolute atomic E-state index is 0.110. The number of likely N-dealkylation sites (tertiary alicyclic amines) is 1. The summed E-state index contributed by atoms with van der Waals surface area (Å²) < 4.78 is 6.01. The summed E-state index contributed by atoms with van der Waals surface area (Å²) in [6, 6.07) is 4.18. The number of nitrogens with one attached hydrogen (secondary N) is 1. The van der Waals surface area contributed by atoms with Crippen LogP contribution < -0.4 is 0 Å². The molecule has 0 spiro atoms. The van der Waals surface area contributed by atoms with Gasteiger partial charge in [0.25, 0.3) is 5.91 Å². The molecule has 1 aromatic rings. The van der Waals surface area contributed by atoms with Gasteiger partial charge in [0.15, 0.2) is 0 Å². The molecule has 2 saturated heterocycles. The molecule has 3 heterocycles. The molecular weight excluding hydrogens is 278 g/mol. The molecule has 1 N–H and O–H groups in total. The first-order chi connectivity index (χ1) is 10.6. The first kappa shape index (κ1) is 15.6. The number of aromatic amines is 1. The van der Waals surface area contributed by atoms with Crippen molar-refractivity contribution in [1.82, 2.24) is 14.8 Å². The molecule has 2 aliphatic heterocycles. The van der Waals surface area contributed by atoms with Crippen LogP contribution in [-0.2, 0) is 4.74 Å². The first-order valence-electron chi connectivity index (χ1n) is 8.43. The zero-order chi connectivity index (χ0) is 15.5. The van der Waals surface area contributed by atoms with Gasteiger partial charge in [0, 0.05) is 38.4 Å². The van der Waals surface area contributed by atoms with Gasteiger partial charge < -0.3 is 14.6 Å². The molecule has 0 radical (unpaired) electrons. The number of nitrogens with zero attached hydrogens (tertiary/aromatic N) is 2. The van der Waals surface area contributed by atoms with Gasteiger partial charge in [0.05, 0.1) is 12.7 Å². The molecule has 0 bridgehead atoms. The number of ether oxygens (including phenoxy) is 1. The van der Waals surface area contributed by atoms with Crippen molar-refractivity contribution in [2.45, 2.75) is 38.8 Å². The van der Waals surface area contributed by atoms with E-state index in [4.69, 9.17) is 4.74 Å². The maximum atomic E-state index is 12.5. The molecule has 0 aliphatic carbocycles. The van der Waals surface area contributed by atoms with E-state index >= 15 is 0 Å². The fraction of sp³-hybridized carbons (Fsp3) is 0.706. The van der Waals surface area contributed by atoms with Crippen LogP contribution in [0, 0.1) is 5.92 Å². The number of rotatable bonds is 3. The SMILES string of the molecule is CC(C)CN1CCO[C@@H]2CCN(C(=O)c3ccc[nH]3)CC[C@H]21. The fourth-order valence-corrected chi connectivity index (χ4v) is 3.69. The van der Waals surface area contributed by atoms with Gasteiger partial charge in [-0.3, -0.25) is 9.69 Å². The molecule has 1 amide bonds. The quantitative estimate of drug-likeness (QED) is 0.929. The second-order valence-corrected chi connectivity index (χ2v) is 6.82. The van der Waals surface area contributed by atoms with Crippen LogP contribution in [0.3, 0.4) is 0 Å². The monoisotopic (exact) mass is 305 g/mol. The van der Waals surface area contributed by atoms with Crippen LogP contribution in [-0.4, -0.2) is 65.6 Å². The summed E-state index contributed by atoms with van der Waals surface area (Å²) in [5, 5.41) is 0. The zero-order valence-electron chi connectivity index (χ0n) is 13.6. The van der Waals surface area contributed by atoms with Gasteiger partial charge in [0.2, 0.25) is 0 Å². The Kier molecular flexibility index (Phi) is 4.84. The lowest BCUT2D eigenvalue weighted by molar-refractivity contribution is -0.0745. The molecule has 0 saturated carbocycles. The molecule has 0 aromatic carbocycles. The van der Waals surface area contributed by atoms with Gasteiger partial charge in [-0.05, 0) is 30.9 Å². The van der Waals surface area contributed by atoms with Crippen molar-refractivity contribution in [3.05, 3.63) is 24.0 Å². The molecule has 22 heavy (non-hydrogen) atoms. The van der Waals surface area contributed by atoms with Crippen molar-refractivity contribution < 1.29 is 9.53 Å². The van der Waals surface area contributed by atoms with Crippen molar-refractivity contribution in [1.29, 1.82) is 0 Å². The number of H-pyrrole nitrogens is 1. The number of fused-ring (bicyclic) bond motifs is 1.